The molecular weight excluding hydrogens is 414 g/mol. The van der Waals surface area contributed by atoms with Gasteiger partial charge in [-0.3, -0.25) is 4.79 Å². The van der Waals surface area contributed by atoms with Gasteiger partial charge in [-0.05, 0) is 61.0 Å². The molecule has 0 aliphatic heterocycles. The minimum atomic E-state index is -0.339. The van der Waals surface area contributed by atoms with Crippen LogP contribution in [0.25, 0.3) is 0 Å². The fourth-order valence-corrected chi connectivity index (χ4v) is 2.86. The lowest BCUT2D eigenvalue weighted by Crippen LogP contribution is -2.17. The zero-order chi connectivity index (χ0) is 22.1. The number of hydrogen-bond donors (Lipinski definition) is 1. The molecule has 0 atom stereocenters. The third-order valence-electron chi connectivity index (χ3n) is 4.27. The van der Waals surface area contributed by atoms with Gasteiger partial charge in [-0.15, -0.1) is 0 Å². The zero-order valence-electron chi connectivity index (χ0n) is 16.8. The molecule has 0 aliphatic rings. The molecule has 3 aromatic carbocycles. The maximum atomic E-state index is 12.1. The standard InChI is InChI=1S/C24H20ClN3O3/c1-2-30-23-13-17(15-27-28-24(29)18-8-10-21(25)11-9-18)7-12-22(23)31-16-20-6-4-3-5-19(20)14-26/h3-13,15H,2,16H2,1H3,(H,28,29)/b27-15-. The van der Waals surface area contributed by atoms with Crippen molar-refractivity contribution >= 4 is 23.7 Å². The van der Waals surface area contributed by atoms with Crippen LogP contribution in [0.15, 0.2) is 71.8 Å². The maximum absolute atomic E-state index is 12.1. The first-order valence-corrected chi connectivity index (χ1v) is 9.95. The molecule has 0 aliphatic carbocycles. The number of rotatable bonds is 8. The molecule has 3 rings (SSSR count). The number of nitrogens with zero attached hydrogens (tertiary/aromatic N) is 2. The first kappa shape index (κ1) is 21.9. The number of nitrogens with one attached hydrogen (secondary N) is 1. The van der Waals surface area contributed by atoms with Crippen LogP contribution >= 0.6 is 11.6 Å². The number of nitriles is 1. The highest BCUT2D eigenvalue weighted by Crippen LogP contribution is 2.29. The van der Waals surface area contributed by atoms with Crippen molar-refractivity contribution in [1.82, 2.24) is 5.43 Å². The van der Waals surface area contributed by atoms with Crippen LogP contribution < -0.4 is 14.9 Å². The zero-order valence-corrected chi connectivity index (χ0v) is 17.6. The Balaban J connectivity index is 1.68. The first-order valence-electron chi connectivity index (χ1n) is 9.57. The summed E-state index contributed by atoms with van der Waals surface area (Å²) in [5.74, 6) is 0.760. The minimum Gasteiger partial charge on any atom is -0.490 e. The number of hydrogen-bond acceptors (Lipinski definition) is 5. The van der Waals surface area contributed by atoms with E-state index < -0.39 is 0 Å². The number of amides is 1. The Morgan fingerprint density at radius 2 is 1.87 bits per heavy atom. The van der Waals surface area contributed by atoms with Gasteiger partial charge in [0.1, 0.15) is 6.61 Å². The lowest BCUT2D eigenvalue weighted by molar-refractivity contribution is 0.0955. The van der Waals surface area contributed by atoms with Gasteiger partial charge in [-0.25, -0.2) is 5.43 Å². The molecule has 1 amide bonds. The topological polar surface area (TPSA) is 83.7 Å². The molecule has 0 saturated heterocycles. The van der Waals surface area contributed by atoms with Crippen molar-refractivity contribution in [2.24, 2.45) is 5.10 Å². The van der Waals surface area contributed by atoms with Crippen LogP contribution in [0.1, 0.15) is 34.0 Å². The van der Waals surface area contributed by atoms with Crippen LogP contribution in [-0.2, 0) is 6.61 Å². The van der Waals surface area contributed by atoms with Crippen molar-refractivity contribution in [3.05, 3.63) is 94.0 Å². The predicted molar refractivity (Wildman–Crippen MR) is 120 cm³/mol. The van der Waals surface area contributed by atoms with E-state index in [1.807, 2.05) is 25.1 Å². The molecular formula is C24H20ClN3O3. The Hall–Kier alpha value is -3.82. The van der Waals surface area contributed by atoms with Crippen molar-refractivity contribution in [2.45, 2.75) is 13.5 Å². The van der Waals surface area contributed by atoms with E-state index in [9.17, 15) is 10.1 Å². The molecule has 1 N–H and O–H groups in total. The summed E-state index contributed by atoms with van der Waals surface area (Å²) in [5, 5.41) is 13.8. The lowest BCUT2D eigenvalue weighted by atomic mass is 10.1. The number of ether oxygens (including phenoxy) is 2. The molecule has 0 radical (unpaired) electrons. The van der Waals surface area contributed by atoms with Gasteiger partial charge in [0.05, 0.1) is 24.5 Å². The van der Waals surface area contributed by atoms with E-state index in [1.54, 1.807) is 48.5 Å². The Morgan fingerprint density at radius 1 is 1.10 bits per heavy atom. The molecule has 0 fully saturated rings. The fourth-order valence-electron chi connectivity index (χ4n) is 2.73. The van der Waals surface area contributed by atoms with E-state index in [0.717, 1.165) is 11.1 Å². The summed E-state index contributed by atoms with van der Waals surface area (Å²) >= 11 is 5.83. The molecule has 6 nitrogen and oxygen atoms in total. The van der Waals surface area contributed by atoms with Gasteiger partial charge in [0, 0.05) is 16.1 Å². The highest BCUT2D eigenvalue weighted by Gasteiger charge is 2.09. The molecule has 156 valence electrons. The quantitative estimate of drug-likeness (QED) is 0.402. The molecule has 0 bridgehead atoms. The van der Waals surface area contributed by atoms with Gasteiger partial charge in [0.15, 0.2) is 11.5 Å². The fraction of sp³-hybridized carbons (Fsp3) is 0.125. The molecule has 0 spiro atoms. The largest absolute Gasteiger partial charge is 0.490 e. The number of benzene rings is 3. The molecule has 0 aromatic heterocycles. The Kier molecular flexibility index (Phi) is 7.63. The molecule has 0 unspecified atom stereocenters. The Morgan fingerprint density at radius 3 is 2.61 bits per heavy atom. The van der Waals surface area contributed by atoms with Crippen LogP contribution in [0.2, 0.25) is 5.02 Å². The van der Waals surface area contributed by atoms with E-state index in [-0.39, 0.29) is 12.5 Å². The average Bonchev–Trinajstić information content (AvgIpc) is 2.79. The van der Waals surface area contributed by atoms with Crippen LogP contribution in [0.4, 0.5) is 0 Å². The van der Waals surface area contributed by atoms with Crippen molar-refractivity contribution in [2.75, 3.05) is 6.61 Å². The number of halogens is 1. The summed E-state index contributed by atoms with van der Waals surface area (Å²) in [5.41, 5.74) is 5.02. The van der Waals surface area contributed by atoms with Crippen molar-refractivity contribution < 1.29 is 14.3 Å². The normalized spacial score (nSPS) is 10.5. The molecule has 7 heteroatoms. The van der Waals surface area contributed by atoms with Crippen molar-refractivity contribution in [3.63, 3.8) is 0 Å². The summed E-state index contributed by atoms with van der Waals surface area (Å²) in [6.45, 7) is 2.58. The summed E-state index contributed by atoms with van der Waals surface area (Å²) in [4.78, 5) is 12.1. The average molecular weight is 434 g/mol. The van der Waals surface area contributed by atoms with E-state index >= 15 is 0 Å². The number of carbonyl (C=O) groups excluding carboxylic acids is 1. The van der Waals surface area contributed by atoms with Gasteiger partial charge in [0.25, 0.3) is 5.91 Å². The van der Waals surface area contributed by atoms with Crippen LogP contribution in [0.5, 0.6) is 11.5 Å². The van der Waals surface area contributed by atoms with Gasteiger partial charge in [0.2, 0.25) is 0 Å². The number of carbonyl (C=O) groups is 1. The predicted octanol–water partition coefficient (Wildman–Crippen LogP) is 4.95. The first-order chi connectivity index (χ1) is 15.1. The van der Waals surface area contributed by atoms with Gasteiger partial charge in [-0.1, -0.05) is 29.8 Å². The second-order valence-corrected chi connectivity index (χ2v) is 6.84. The summed E-state index contributed by atoms with van der Waals surface area (Å²) in [6, 6.07) is 21.3. The summed E-state index contributed by atoms with van der Waals surface area (Å²) < 4.78 is 11.6. The number of hydrazone groups is 1. The third kappa shape index (κ3) is 6.08. The van der Waals surface area contributed by atoms with Crippen molar-refractivity contribution in [1.29, 1.82) is 5.26 Å². The van der Waals surface area contributed by atoms with E-state index in [2.05, 4.69) is 16.6 Å². The molecule has 0 heterocycles. The second-order valence-electron chi connectivity index (χ2n) is 6.40. The minimum absolute atomic E-state index is 0.244. The van der Waals surface area contributed by atoms with Crippen LogP contribution in [0, 0.1) is 11.3 Å². The SMILES string of the molecule is CCOc1cc(/C=N\NC(=O)c2ccc(Cl)cc2)ccc1OCc1ccccc1C#N. The smallest absolute Gasteiger partial charge is 0.271 e. The summed E-state index contributed by atoms with van der Waals surface area (Å²) in [6.07, 6.45) is 1.52. The molecule has 3 aromatic rings. The Labute approximate surface area is 185 Å². The summed E-state index contributed by atoms with van der Waals surface area (Å²) in [7, 11) is 0. The van der Waals surface area contributed by atoms with Gasteiger partial charge in [-0.2, -0.15) is 10.4 Å². The van der Waals surface area contributed by atoms with E-state index in [0.29, 0.717) is 34.3 Å². The van der Waals surface area contributed by atoms with Crippen molar-refractivity contribution in [3.8, 4) is 17.6 Å². The molecule has 0 saturated carbocycles. The van der Waals surface area contributed by atoms with Gasteiger partial charge < -0.3 is 9.47 Å². The third-order valence-corrected chi connectivity index (χ3v) is 4.53. The molecule has 31 heavy (non-hydrogen) atoms. The van der Waals surface area contributed by atoms with Gasteiger partial charge >= 0.3 is 0 Å². The Bertz CT molecular complexity index is 1120. The van der Waals surface area contributed by atoms with E-state index in [4.69, 9.17) is 21.1 Å². The second kappa shape index (κ2) is 10.8. The lowest BCUT2D eigenvalue weighted by Gasteiger charge is -2.13. The monoisotopic (exact) mass is 433 g/mol. The maximum Gasteiger partial charge on any atom is 0.271 e. The highest BCUT2D eigenvalue weighted by atomic mass is 35.5. The van der Waals surface area contributed by atoms with E-state index in [1.165, 1.54) is 6.21 Å². The van der Waals surface area contributed by atoms with Crippen LogP contribution in [-0.4, -0.2) is 18.7 Å². The van der Waals surface area contributed by atoms with Crippen LogP contribution in [0.3, 0.4) is 0 Å². The highest BCUT2D eigenvalue weighted by molar-refractivity contribution is 6.30.